The van der Waals surface area contributed by atoms with E-state index >= 15 is 0 Å². The minimum absolute atomic E-state index is 0.00779. The van der Waals surface area contributed by atoms with Crippen LogP contribution in [-0.4, -0.2) is 31.5 Å². The Morgan fingerprint density at radius 3 is 2.21 bits per heavy atom. The monoisotopic (exact) mass is 431 g/mol. The number of benzene rings is 1. The number of rotatable bonds is 4. The highest BCUT2D eigenvalue weighted by Crippen LogP contribution is 2.39. The first kappa shape index (κ1) is 21.7. The van der Waals surface area contributed by atoms with E-state index in [0.717, 1.165) is 6.07 Å². The van der Waals surface area contributed by atoms with Gasteiger partial charge in [-0.3, -0.25) is 0 Å². The third-order valence-electron chi connectivity index (χ3n) is 3.37. The van der Waals surface area contributed by atoms with E-state index in [1.54, 1.807) is 0 Å². The zero-order valence-electron chi connectivity index (χ0n) is 14.1. The molecular weight excluding hydrogens is 420 g/mol. The zero-order valence-corrected chi connectivity index (χ0v) is 14.9. The summed E-state index contributed by atoms with van der Waals surface area (Å²) in [6.07, 6.45) is -5.13. The van der Waals surface area contributed by atoms with Crippen molar-refractivity contribution < 1.29 is 48.5 Å². The smallest absolute Gasteiger partial charge is 0.461 e. The summed E-state index contributed by atoms with van der Waals surface area (Å²) in [4.78, 5) is 15.4. The molecule has 0 unspecified atom stereocenters. The van der Waals surface area contributed by atoms with Crippen LogP contribution in [0.1, 0.15) is 28.5 Å². The van der Waals surface area contributed by atoms with Gasteiger partial charge in [0.05, 0.1) is 17.7 Å². The van der Waals surface area contributed by atoms with Crippen molar-refractivity contribution in [3.05, 3.63) is 35.0 Å². The van der Waals surface area contributed by atoms with Crippen molar-refractivity contribution in [2.75, 3.05) is 6.61 Å². The number of aryl methyl sites for hydroxylation is 1. The SMILES string of the molecule is CCOC(=O)c1cc(C)c2cc(OS(=O)(=O)C(F)(F)F)cc(C(F)(F)F)c2n1. The lowest BCUT2D eigenvalue weighted by molar-refractivity contribution is -0.136. The van der Waals surface area contributed by atoms with Crippen LogP contribution in [0.25, 0.3) is 10.9 Å². The number of aromatic nitrogens is 1. The molecule has 0 aliphatic heterocycles. The molecule has 0 aliphatic carbocycles. The third kappa shape index (κ3) is 4.29. The molecule has 0 aliphatic rings. The number of nitrogens with zero attached hydrogens (tertiary/aromatic N) is 1. The van der Waals surface area contributed by atoms with Gasteiger partial charge in [0.15, 0.2) is 0 Å². The van der Waals surface area contributed by atoms with Crippen LogP contribution in [0.2, 0.25) is 0 Å². The second kappa shape index (κ2) is 7.11. The second-order valence-corrected chi connectivity index (χ2v) is 6.93. The number of carbonyl (C=O) groups excluding carboxylic acids is 1. The number of hydrogen-bond donors (Lipinski definition) is 0. The summed E-state index contributed by atoms with van der Waals surface area (Å²) in [5.74, 6) is -2.20. The van der Waals surface area contributed by atoms with Gasteiger partial charge in [0.25, 0.3) is 0 Å². The standard InChI is InChI=1S/C15H11F6NO5S/c1-3-26-13(23)11-4-7(2)9-5-8(27-28(24,25)15(19,20)21)6-10(12(9)22-11)14(16,17)18/h4-6H,3H2,1-2H3. The Bertz CT molecular complexity index is 1030. The number of fused-ring (bicyclic) bond motifs is 1. The summed E-state index contributed by atoms with van der Waals surface area (Å²) < 4.78 is 108. The lowest BCUT2D eigenvalue weighted by Crippen LogP contribution is -2.28. The largest absolute Gasteiger partial charge is 0.534 e. The van der Waals surface area contributed by atoms with Gasteiger partial charge in [0.2, 0.25) is 0 Å². The normalized spacial score (nSPS) is 12.9. The van der Waals surface area contributed by atoms with Crippen molar-refractivity contribution in [3.8, 4) is 5.75 Å². The van der Waals surface area contributed by atoms with Gasteiger partial charge in [-0.2, -0.15) is 34.8 Å². The fraction of sp³-hybridized carbons (Fsp3) is 0.333. The molecule has 0 amide bonds. The average molecular weight is 431 g/mol. The van der Waals surface area contributed by atoms with Crippen LogP contribution in [0.15, 0.2) is 18.2 Å². The molecule has 28 heavy (non-hydrogen) atoms. The van der Waals surface area contributed by atoms with Gasteiger partial charge in [-0.25, -0.2) is 9.78 Å². The number of alkyl halides is 6. The van der Waals surface area contributed by atoms with Gasteiger partial charge in [0.1, 0.15) is 11.4 Å². The molecule has 6 nitrogen and oxygen atoms in total. The van der Waals surface area contributed by atoms with Crippen LogP contribution in [0, 0.1) is 6.92 Å². The lowest BCUT2D eigenvalue weighted by Gasteiger charge is -2.15. The van der Waals surface area contributed by atoms with Crippen LogP contribution >= 0.6 is 0 Å². The van der Waals surface area contributed by atoms with Crippen molar-refractivity contribution in [2.24, 2.45) is 0 Å². The Hall–Kier alpha value is -2.57. The van der Waals surface area contributed by atoms with Crippen LogP contribution in [-0.2, 0) is 21.0 Å². The number of esters is 1. The molecule has 2 aromatic rings. The van der Waals surface area contributed by atoms with Crippen LogP contribution < -0.4 is 4.18 Å². The van der Waals surface area contributed by atoms with Crippen molar-refractivity contribution in [3.63, 3.8) is 0 Å². The molecule has 0 N–H and O–H groups in total. The van der Waals surface area contributed by atoms with Crippen molar-refractivity contribution in [1.82, 2.24) is 4.98 Å². The fourth-order valence-corrected chi connectivity index (χ4v) is 2.66. The Labute approximate surface area is 154 Å². The molecule has 0 spiro atoms. The number of carbonyl (C=O) groups is 1. The molecule has 13 heteroatoms. The van der Waals surface area contributed by atoms with E-state index in [-0.39, 0.29) is 23.6 Å². The molecule has 0 saturated heterocycles. The predicted molar refractivity (Wildman–Crippen MR) is 83.0 cm³/mol. The maximum absolute atomic E-state index is 13.4. The Kier molecular flexibility index (Phi) is 5.52. The summed E-state index contributed by atoms with van der Waals surface area (Å²) in [6.45, 7) is 2.67. The maximum Gasteiger partial charge on any atom is 0.534 e. The minimum atomic E-state index is -6.19. The van der Waals surface area contributed by atoms with Gasteiger partial charge in [-0.1, -0.05) is 0 Å². The molecule has 0 bridgehead atoms. The molecule has 1 aromatic heterocycles. The summed E-state index contributed by atoms with van der Waals surface area (Å²) in [5, 5.41) is -0.352. The summed E-state index contributed by atoms with van der Waals surface area (Å²) in [7, 11) is -6.19. The van der Waals surface area contributed by atoms with Crippen molar-refractivity contribution in [2.45, 2.75) is 25.5 Å². The van der Waals surface area contributed by atoms with Gasteiger partial charge in [0, 0.05) is 5.39 Å². The van der Waals surface area contributed by atoms with E-state index in [2.05, 4.69) is 13.9 Å². The molecular formula is C15H11F6NO5S. The quantitative estimate of drug-likeness (QED) is 0.315. The van der Waals surface area contributed by atoms with Gasteiger partial charge in [-0.15, -0.1) is 0 Å². The molecule has 1 heterocycles. The Morgan fingerprint density at radius 1 is 1.11 bits per heavy atom. The van der Waals surface area contributed by atoms with E-state index < -0.39 is 50.3 Å². The molecule has 1 aromatic carbocycles. The summed E-state index contributed by atoms with van der Waals surface area (Å²) in [6, 6.07) is 1.78. The zero-order chi connectivity index (χ0) is 21.5. The van der Waals surface area contributed by atoms with E-state index in [1.807, 2.05) is 0 Å². The summed E-state index contributed by atoms with van der Waals surface area (Å²) >= 11 is 0. The van der Waals surface area contributed by atoms with Gasteiger partial charge in [-0.05, 0) is 37.6 Å². The minimum Gasteiger partial charge on any atom is -0.461 e. The van der Waals surface area contributed by atoms with E-state index in [9.17, 15) is 39.6 Å². The summed E-state index contributed by atoms with van der Waals surface area (Å²) in [5.41, 5.74) is -8.62. The van der Waals surface area contributed by atoms with Crippen molar-refractivity contribution >= 4 is 27.0 Å². The Balaban J connectivity index is 2.75. The maximum atomic E-state index is 13.4. The van der Waals surface area contributed by atoms with Crippen LogP contribution in [0.5, 0.6) is 5.75 Å². The first-order valence-electron chi connectivity index (χ1n) is 7.38. The highest BCUT2D eigenvalue weighted by Gasteiger charge is 2.49. The Morgan fingerprint density at radius 2 is 1.71 bits per heavy atom. The fourth-order valence-electron chi connectivity index (χ4n) is 2.21. The number of pyridine rings is 1. The van der Waals surface area contributed by atoms with Crippen molar-refractivity contribution in [1.29, 1.82) is 0 Å². The third-order valence-corrected chi connectivity index (χ3v) is 4.35. The molecule has 2 rings (SSSR count). The second-order valence-electron chi connectivity index (χ2n) is 5.39. The van der Waals surface area contributed by atoms with Crippen LogP contribution in [0.3, 0.4) is 0 Å². The van der Waals surface area contributed by atoms with E-state index in [4.69, 9.17) is 0 Å². The average Bonchev–Trinajstić information content (AvgIpc) is 2.52. The molecule has 0 radical (unpaired) electrons. The molecule has 0 fully saturated rings. The highest BCUT2D eigenvalue weighted by atomic mass is 32.2. The number of ether oxygens (including phenoxy) is 1. The first-order valence-corrected chi connectivity index (χ1v) is 8.78. The van der Waals surface area contributed by atoms with E-state index in [0.29, 0.717) is 6.07 Å². The molecule has 0 saturated carbocycles. The first-order chi connectivity index (χ1) is 12.7. The predicted octanol–water partition coefficient (Wildman–Crippen LogP) is 3.97. The molecule has 0 atom stereocenters. The van der Waals surface area contributed by atoms with E-state index in [1.165, 1.54) is 13.8 Å². The molecule has 154 valence electrons. The topological polar surface area (TPSA) is 82.6 Å². The van der Waals surface area contributed by atoms with Gasteiger partial charge < -0.3 is 8.92 Å². The number of halogens is 6. The van der Waals surface area contributed by atoms with Crippen LogP contribution in [0.4, 0.5) is 26.3 Å². The lowest BCUT2D eigenvalue weighted by atomic mass is 10.0. The van der Waals surface area contributed by atoms with Gasteiger partial charge >= 0.3 is 27.8 Å². The number of hydrogen-bond acceptors (Lipinski definition) is 6. The highest BCUT2D eigenvalue weighted by molar-refractivity contribution is 7.88.